The molecule has 1 aliphatic heterocycles. The maximum Gasteiger partial charge on any atom is 0.274 e. The minimum atomic E-state index is -0.0779. The van der Waals surface area contributed by atoms with E-state index in [1.54, 1.807) is 18.0 Å². The largest absolute Gasteiger partial charge is 0.379 e. The third kappa shape index (κ3) is 5.76. The Balaban J connectivity index is 1.76. The Kier molecular flexibility index (Phi) is 7.22. The van der Waals surface area contributed by atoms with Crippen molar-refractivity contribution in [1.82, 2.24) is 20.0 Å². The van der Waals surface area contributed by atoms with Gasteiger partial charge in [-0.25, -0.2) is 0 Å². The Morgan fingerprint density at radius 3 is 2.78 bits per heavy atom. The number of nitrogens with one attached hydrogen (secondary N) is 1. The Hall–Kier alpha value is -1.73. The molecule has 0 radical (unpaired) electrons. The zero-order valence-corrected chi connectivity index (χ0v) is 14.1. The van der Waals surface area contributed by atoms with Crippen LogP contribution in [0.5, 0.6) is 0 Å². The number of nitrogens with zero attached hydrogens (tertiary/aromatic N) is 4. The van der Waals surface area contributed by atoms with Gasteiger partial charge in [0.15, 0.2) is 5.69 Å². The molecule has 0 saturated carbocycles. The second kappa shape index (κ2) is 9.42. The van der Waals surface area contributed by atoms with Crippen LogP contribution in [-0.4, -0.2) is 78.9 Å². The smallest absolute Gasteiger partial charge is 0.274 e. The highest BCUT2D eigenvalue weighted by Crippen LogP contribution is 2.05. The van der Waals surface area contributed by atoms with Crippen LogP contribution >= 0.6 is 0 Å². The molecule has 1 amide bonds. The van der Waals surface area contributed by atoms with Gasteiger partial charge in [0.2, 0.25) is 0 Å². The Morgan fingerprint density at radius 1 is 1.35 bits per heavy atom. The lowest BCUT2D eigenvalue weighted by molar-refractivity contribution is 0.0398. The first-order chi connectivity index (χ1) is 11.2. The zero-order valence-electron chi connectivity index (χ0n) is 14.1. The second-order valence-corrected chi connectivity index (χ2v) is 5.76. The average molecular weight is 321 g/mol. The van der Waals surface area contributed by atoms with E-state index < -0.39 is 0 Å². The van der Waals surface area contributed by atoms with Crippen molar-refractivity contribution < 1.29 is 9.53 Å². The van der Waals surface area contributed by atoms with Crippen molar-refractivity contribution >= 4 is 11.7 Å². The van der Waals surface area contributed by atoms with Crippen LogP contribution in [0.3, 0.4) is 0 Å². The Bertz CT molecular complexity index is 474. The van der Waals surface area contributed by atoms with Crippen molar-refractivity contribution in [2.24, 2.45) is 0 Å². The predicted molar refractivity (Wildman–Crippen MR) is 89.6 cm³/mol. The summed E-state index contributed by atoms with van der Waals surface area (Å²) in [5.41, 5.74) is 0.391. The lowest BCUT2D eigenvalue weighted by Gasteiger charge is -2.26. The van der Waals surface area contributed by atoms with Crippen LogP contribution in [0.25, 0.3) is 0 Å². The van der Waals surface area contributed by atoms with Gasteiger partial charge >= 0.3 is 0 Å². The van der Waals surface area contributed by atoms with E-state index in [1.807, 2.05) is 6.07 Å². The number of hydrogen-bond acceptors (Lipinski definition) is 6. The highest BCUT2D eigenvalue weighted by molar-refractivity contribution is 5.92. The minimum absolute atomic E-state index is 0.0779. The maximum absolute atomic E-state index is 12.2. The van der Waals surface area contributed by atoms with Gasteiger partial charge in [0.25, 0.3) is 5.91 Å². The molecule has 1 N–H and O–H groups in total. The van der Waals surface area contributed by atoms with Crippen LogP contribution in [-0.2, 0) is 4.74 Å². The molecule has 23 heavy (non-hydrogen) atoms. The number of amides is 1. The first kappa shape index (κ1) is 17.6. The van der Waals surface area contributed by atoms with Crippen molar-refractivity contribution in [3.8, 4) is 0 Å². The molecule has 1 saturated heterocycles. The van der Waals surface area contributed by atoms with Crippen molar-refractivity contribution in [2.75, 3.05) is 58.3 Å². The second-order valence-electron chi connectivity index (χ2n) is 5.76. The molecular weight excluding hydrogens is 294 g/mol. The fraction of sp³-hybridized carbons (Fsp3) is 0.688. The summed E-state index contributed by atoms with van der Waals surface area (Å²) >= 11 is 0. The van der Waals surface area contributed by atoms with Crippen molar-refractivity contribution in [1.29, 1.82) is 0 Å². The van der Waals surface area contributed by atoms with Gasteiger partial charge in [-0.3, -0.25) is 9.69 Å². The number of rotatable bonds is 8. The van der Waals surface area contributed by atoms with Crippen molar-refractivity contribution in [3.05, 3.63) is 17.8 Å². The third-order valence-electron chi connectivity index (χ3n) is 3.92. The molecule has 2 rings (SSSR count). The molecule has 0 unspecified atom stereocenters. The summed E-state index contributed by atoms with van der Waals surface area (Å²) in [6, 6.07) is 3.54. The van der Waals surface area contributed by atoms with Gasteiger partial charge in [-0.05, 0) is 18.6 Å². The fourth-order valence-electron chi connectivity index (χ4n) is 2.40. The lowest BCUT2D eigenvalue weighted by atomic mass is 10.3. The zero-order chi connectivity index (χ0) is 16.5. The van der Waals surface area contributed by atoms with Gasteiger partial charge < -0.3 is 15.0 Å². The molecular formula is C16H27N5O2. The highest BCUT2D eigenvalue weighted by Gasteiger charge is 2.13. The van der Waals surface area contributed by atoms with Gasteiger partial charge in [-0.1, -0.05) is 13.3 Å². The number of hydrogen-bond donors (Lipinski definition) is 1. The summed E-state index contributed by atoms with van der Waals surface area (Å²) in [6.07, 6.45) is 2.06. The van der Waals surface area contributed by atoms with E-state index in [0.29, 0.717) is 11.5 Å². The van der Waals surface area contributed by atoms with E-state index in [9.17, 15) is 4.79 Å². The minimum Gasteiger partial charge on any atom is -0.379 e. The summed E-state index contributed by atoms with van der Waals surface area (Å²) in [4.78, 5) is 16.2. The van der Waals surface area contributed by atoms with E-state index in [0.717, 1.165) is 58.8 Å². The first-order valence-corrected chi connectivity index (χ1v) is 8.34. The van der Waals surface area contributed by atoms with Gasteiger partial charge in [0, 0.05) is 39.8 Å². The molecule has 0 aromatic carbocycles. The molecule has 1 aromatic rings. The molecule has 0 atom stereocenters. The Morgan fingerprint density at radius 2 is 2.13 bits per heavy atom. The summed E-state index contributed by atoms with van der Waals surface area (Å²) < 4.78 is 5.32. The topological polar surface area (TPSA) is 70.6 Å². The summed E-state index contributed by atoms with van der Waals surface area (Å²) in [5, 5.41) is 11.4. The van der Waals surface area contributed by atoms with Crippen molar-refractivity contribution in [3.63, 3.8) is 0 Å². The average Bonchev–Trinajstić information content (AvgIpc) is 2.60. The third-order valence-corrected chi connectivity index (χ3v) is 3.92. The predicted octanol–water partition coefficient (Wildman–Crippen LogP) is 1.09. The molecule has 0 aliphatic carbocycles. The number of unbranched alkanes of at least 4 members (excludes halogenated alkanes) is 1. The van der Waals surface area contributed by atoms with Crippen LogP contribution in [0.1, 0.15) is 30.3 Å². The summed E-state index contributed by atoms with van der Waals surface area (Å²) in [6.45, 7) is 8.18. The molecule has 0 bridgehead atoms. The SMILES string of the molecule is CCCCN(C)C(=O)c1ccc(NCCN2CCOCC2)nn1. The van der Waals surface area contributed by atoms with E-state index in [4.69, 9.17) is 4.74 Å². The fourth-order valence-corrected chi connectivity index (χ4v) is 2.40. The first-order valence-electron chi connectivity index (χ1n) is 8.34. The molecule has 1 aromatic heterocycles. The molecule has 128 valence electrons. The van der Waals surface area contributed by atoms with Gasteiger partial charge in [0.1, 0.15) is 5.82 Å². The standard InChI is InChI=1S/C16H27N5O2/c1-3-4-8-20(2)16(22)14-5-6-15(19-18-14)17-7-9-21-10-12-23-13-11-21/h5-6H,3-4,7-13H2,1-2H3,(H,17,19). The lowest BCUT2D eigenvalue weighted by Crippen LogP contribution is -2.39. The number of carbonyl (C=O) groups excluding carboxylic acids is 1. The normalized spacial score (nSPS) is 15.4. The van der Waals surface area contributed by atoms with E-state index >= 15 is 0 Å². The monoisotopic (exact) mass is 321 g/mol. The van der Waals surface area contributed by atoms with Crippen LogP contribution in [0.15, 0.2) is 12.1 Å². The summed E-state index contributed by atoms with van der Waals surface area (Å²) in [7, 11) is 1.80. The number of carbonyl (C=O) groups is 1. The van der Waals surface area contributed by atoms with Crippen LogP contribution in [0.4, 0.5) is 5.82 Å². The van der Waals surface area contributed by atoms with E-state index in [1.165, 1.54) is 0 Å². The summed E-state index contributed by atoms with van der Waals surface area (Å²) in [5.74, 6) is 0.622. The molecule has 1 aliphatic rings. The van der Waals surface area contributed by atoms with Crippen LogP contribution < -0.4 is 5.32 Å². The molecule has 1 fully saturated rings. The van der Waals surface area contributed by atoms with Crippen LogP contribution in [0, 0.1) is 0 Å². The quantitative estimate of drug-likeness (QED) is 0.773. The Labute approximate surface area is 138 Å². The van der Waals surface area contributed by atoms with Gasteiger partial charge in [-0.2, -0.15) is 0 Å². The highest BCUT2D eigenvalue weighted by atomic mass is 16.5. The molecule has 0 spiro atoms. The van der Waals surface area contributed by atoms with Gasteiger partial charge in [0.05, 0.1) is 13.2 Å². The molecule has 7 nitrogen and oxygen atoms in total. The van der Waals surface area contributed by atoms with Gasteiger partial charge in [-0.15, -0.1) is 10.2 Å². The number of aromatic nitrogens is 2. The van der Waals surface area contributed by atoms with E-state index in [2.05, 4.69) is 27.3 Å². The van der Waals surface area contributed by atoms with E-state index in [-0.39, 0.29) is 5.91 Å². The molecule has 2 heterocycles. The van der Waals surface area contributed by atoms with Crippen LogP contribution in [0.2, 0.25) is 0 Å². The number of anilines is 1. The number of ether oxygens (including phenoxy) is 1. The number of morpholine rings is 1. The molecule has 7 heteroatoms. The van der Waals surface area contributed by atoms with Crippen molar-refractivity contribution in [2.45, 2.75) is 19.8 Å². The maximum atomic E-state index is 12.2.